The van der Waals surface area contributed by atoms with Crippen LogP contribution in [-0.4, -0.2) is 18.2 Å². The van der Waals surface area contributed by atoms with Gasteiger partial charge >= 0.3 is 12.4 Å². The molecule has 0 aliphatic carbocycles. The predicted molar refractivity (Wildman–Crippen MR) is 116 cm³/mol. The first kappa shape index (κ1) is 22.9. The lowest BCUT2D eigenvalue weighted by Gasteiger charge is -2.49. The molecular formula is C25H20F6N2. The van der Waals surface area contributed by atoms with Gasteiger partial charge in [0.2, 0.25) is 5.84 Å². The van der Waals surface area contributed by atoms with Crippen molar-refractivity contribution in [3.8, 4) is 0 Å². The first-order valence-corrected chi connectivity index (χ1v) is 10.1. The van der Waals surface area contributed by atoms with Gasteiger partial charge in [0.25, 0.3) is 0 Å². The third kappa shape index (κ3) is 3.67. The summed E-state index contributed by atoms with van der Waals surface area (Å²) in [7, 11) is 0. The number of hydrogen-bond donors (Lipinski definition) is 0. The summed E-state index contributed by atoms with van der Waals surface area (Å²) in [5.41, 5.74) is -2.60. The molecule has 0 fully saturated rings. The SMILES string of the molecule is Cc1ccc(N2C(C(F)(F)F)=Nc3ccc(C)cc3C2(c2ccc(C)cc2)C(F)(F)F)cc1. The van der Waals surface area contributed by atoms with E-state index in [0.29, 0.717) is 21.6 Å². The molecule has 1 heterocycles. The molecule has 2 nitrogen and oxygen atoms in total. The summed E-state index contributed by atoms with van der Waals surface area (Å²) >= 11 is 0. The molecule has 172 valence electrons. The topological polar surface area (TPSA) is 15.6 Å². The van der Waals surface area contributed by atoms with Crippen LogP contribution in [0.4, 0.5) is 37.7 Å². The largest absolute Gasteiger partial charge is 0.449 e. The Morgan fingerprint density at radius 1 is 0.697 bits per heavy atom. The van der Waals surface area contributed by atoms with E-state index in [-0.39, 0.29) is 22.5 Å². The molecule has 33 heavy (non-hydrogen) atoms. The van der Waals surface area contributed by atoms with Gasteiger partial charge in [-0.15, -0.1) is 0 Å². The van der Waals surface area contributed by atoms with Gasteiger partial charge in [-0.05, 0) is 44.5 Å². The summed E-state index contributed by atoms with van der Waals surface area (Å²) in [6, 6.07) is 14.8. The fourth-order valence-electron chi connectivity index (χ4n) is 4.20. The molecule has 3 aromatic rings. The van der Waals surface area contributed by atoms with Gasteiger partial charge in [-0.2, -0.15) is 26.3 Å². The number of rotatable bonds is 2. The normalized spacial score (nSPS) is 18.7. The van der Waals surface area contributed by atoms with Gasteiger partial charge in [-0.1, -0.05) is 65.2 Å². The van der Waals surface area contributed by atoms with Crippen LogP contribution < -0.4 is 4.90 Å². The van der Waals surface area contributed by atoms with Crippen LogP contribution in [0.5, 0.6) is 0 Å². The molecule has 0 amide bonds. The molecule has 3 aromatic carbocycles. The Morgan fingerprint density at radius 3 is 1.73 bits per heavy atom. The summed E-state index contributed by atoms with van der Waals surface area (Å²) in [5, 5.41) is 0. The van der Waals surface area contributed by atoms with Gasteiger partial charge in [0.1, 0.15) is 0 Å². The molecule has 0 radical (unpaired) electrons. The minimum Gasteiger partial charge on any atom is -0.299 e. The van der Waals surface area contributed by atoms with Crippen molar-refractivity contribution in [3.05, 3.63) is 94.5 Å². The average Bonchev–Trinajstić information content (AvgIpc) is 2.72. The maximum atomic E-state index is 15.3. The fraction of sp³-hybridized carbons (Fsp3) is 0.240. The van der Waals surface area contributed by atoms with Crippen LogP contribution in [0.2, 0.25) is 0 Å². The molecule has 0 bridgehead atoms. The van der Waals surface area contributed by atoms with Crippen molar-refractivity contribution < 1.29 is 26.3 Å². The second kappa shape index (κ2) is 7.64. The molecule has 0 spiro atoms. The van der Waals surface area contributed by atoms with Crippen LogP contribution in [0.3, 0.4) is 0 Å². The standard InChI is InChI=1S/C25H20F6N2/c1-15-4-9-18(10-5-15)23(25(29,30)31)20-14-17(3)8-13-21(20)32-22(24(26,27)28)33(23)19-11-6-16(2)7-12-19/h4-14H,1-3H3. The number of nitrogens with zero attached hydrogens (tertiary/aromatic N) is 2. The van der Waals surface area contributed by atoms with E-state index in [2.05, 4.69) is 4.99 Å². The third-order valence-corrected chi connectivity index (χ3v) is 5.74. The highest BCUT2D eigenvalue weighted by atomic mass is 19.4. The van der Waals surface area contributed by atoms with Crippen molar-refractivity contribution in [3.63, 3.8) is 0 Å². The Hall–Kier alpha value is -3.29. The van der Waals surface area contributed by atoms with Crippen LogP contribution in [0.15, 0.2) is 71.7 Å². The van der Waals surface area contributed by atoms with E-state index >= 15 is 13.2 Å². The summed E-state index contributed by atoms with van der Waals surface area (Å²) in [5.74, 6) is -1.62. The van der Waals surface area contributed by atoms with Crippen molar-refractivity contribution in [1.29, 1.82) is 0 Å². The van der Waals surface area contributed by atoms with E-state index < -0.39 is 23.7 Å². The summed E-state index contributed by atoms with van der Waals surface area (Å²) in [4.78, 5) is 4.00. The zero-order valence-electron chi connectivity index (χ0n) is 18.0. The number of amidine groups is 1. The van der Waals surface area contributed by atoms with Crippen molar-refractivity contribution in [2.24, 2.45) is 4.99 Å². The van der Waals surface area contributed by atoms with E-state index in [4.69, 9.17) is 0 Å². The molecule has 0 N–H and O–H groups in total. The zero-order valence-corrected chi connectivity index (χ0v) is 18.0. The first-order valence-electron chi connectivity index (χ1n) is 10.1. The molecule has 1 atom stereocenters. The number of benzene rings is 3. The number of halogens is 6. The van der Waals surface area contributed by atoms with E-state index in [9.17, 15) is 13.2 Å². The molecule has 1 aliphatic rings. The number of anilines is 1. The summed E-state index contributed by atoms with van der Waals surface area (Å²) in [6.07, 6.45) is -10.3. The lowest BCUT2D eigenvalue weighted by atomic mass is 9.77. The smallest absolute Gasteiger partial charge is 0.299 e. The minimum atomic E-state index is -5.14. The Balaban J connectivity index is 2.22. The van der Waals surface area contributed by atoms with Gasteiger partial charge < -0.3 is 0 Å². The molecule has 0 saturated heterocycles. The minimum absolute atomic E-state index is 0.262. The maximum Gasteiger partial charge on any atom is 0.449 e. The van der Waals surface area contributed by atoms with Crippen LogP contribution >= 0.6 is 0 Å². The monoisotopic (exact) mass is 462 g/mol. The maximum absolute atomic E-state index is 15.3. The number of alkyl halides is 6. The molecule has 4 rings (SSSR count). The molecule has 1 unspecified atom stereocenters. The summed E-state index contributed by atoms with van der Waals surface area (Å²) in [6.45, 7) is 4.99. The Morgan fingerprint density at radius 2 is 1.21 bits per heavy atom. The average molecular weight is 462 g/mol. The van der Waals surface area contributed by atoms with Crippen LogP contribution in [-0.2, 0) is 5.54 Å². The van der Waals surface area contributed by atoms with E-state index in [1.807, 2.05) is 0 Å². The lowest BCUT2D eigenvalue weighted by molar-refractivity contribution is -0.177. The number of aliphatic imine (C=N–C) groups is 1. The van der Waals surface area contributed by atoms with Gasteiger partial charge in [0, 0.05) is 11.3 Å². The molecule has 1 aliphatic heterocycles. The highest BCUT2D eigenvalue weighted by Gasteiger charge is 2.67. The van der Waals surface area contributed by atoms with Crippen LogP contribution in [0.1, 0.15) is 27.8 Å². The lowest BCUT2D eigenvalue weighted by Crippen LogP contribution is -2.63. The molecular weight excluding hydrogens is 442 g/mol. The van der Waals surface area contributed by atoms with Crippen LogP contribution in [0.25, 0.3) is 0 Å². The quantitative estimate of drug-likeness (QED) is 0.360. The van der Waals surface area contributed by atoms with Gasteiger partial charge in [-0.3, -0.25) is 4.90 Å². The molecule has 8 heteroatoms. The number of hydrogen-bond acceptors (Lipinski definition) is 2. The first-order chi connectivity index (χ1) is 15.4. The molecule has 0 aromatic heterocycles. The fourth-order valence-corrected chi connectivity index (χ4v) is 4.20. The number of aryl methyl sites for hydroxylation is 3. The van der Waals surface area contributed by atoms with Gasteiger partial charge in [-0.25, -0.2) is 4.99 Å². The van der Waals surface area contributed by atoms with Gasteiger partial charge in [0.05, 0.1) is 5.69 Å². The van der Waals surface area contributed by atoms with Crippen molar-refractivity contribution in [2.75, 3.05) is 4.90 Å². The zero-order chi connectivity index (χ0) is 24.2. The second-order valence-corrected chi connectivity index (χ2v) is 8.20. The Labute approximate surface area is 187 Å². The van der Waals surface area contributed by atoms with E-state index in [1.54, 1.807) is 20.8 Å². The van der Waals surface area contributed by atoms with E-state index in [1.165, 1.54) is 66.7 Å². The van der Waals surface area contributed by atoms with Crippen molar-refractivity contribution in [2.45, 2.75) is 38.7 Å². The highest BCUT2D eigenvalue weighted by molar-refractivity contribution is 6.07. The second-order valence-electron chi connectivity index (χ2n) is 8.20. The van der Waals surface area contributed by atoms with Gasteiger partial charge in [0.15, 0.2) is 5.54 Å². The number of fused-ring (bicyclic) bond motifs is 1. The third-order valence-electron chi connectivity index (χ3n) is 5.74. The molecule has 0 saturated carbocycles. The van der Waals surface area contributed by atoms with Crippen molar-refractivity contribution in [1.82, 2.24) is 0 Å². The van der Waals surface area contributed by atoms with Crippen LogP contribution in [0, 0.1) is 20.8 Å². The highest BCUT2D eigenvalue weighted by Crippen LogP contribution is 2.56. The van der Waals surface area contributed by atoms with E-state index in [0.717, 1.165) is 0 Å². The predicted octanol–water partition coefficient (Wildman–Crippen LogP) is 7.53. The Kier molecular flexibility index (Phi) is 5.30. The Bertz CT molecular complexity index is 1210. The summed E-state index contributed by atoms with van der Waals surface area (Å²) < 4.78 is 88.8. The van der Waals surface area contributed by atoms with Crippen molar-refractivity contribution >= 4 is 17.2 Å².